The number of nitriles is 1. The molecule has 5 heteroatoms. The summed E-state index contributed by atoms with van der Waals surface area (Å²) in [5.41, 5.74) is -0.327. The average molecular weight is 185 g/mol. The Kier molecular flexibility index (Phi) is 4.11. The molecular weight excluding hydrogens is 174 g/mol. The number of hydrogen-bond acceptors (Lipinski definition) is 5. The Bertz CT molecular complexity index is 251. The molecule has 0 aromatic carbocycles. The highest BCUT2D eigenvalue weighted by Gasteiger charge is 2.21. The molecule has 0 aliphatic heterocycles. The lowest BCUT2D eigenvalue weighted by atomic mass is 10.3. The van der Waals surface area contributed by atoms with Gasteiger partial charge >= 0.3 is 5.97 Å². The van der Waals surface area contributed by atoms with Gasteiger partial charge in [-0.05, 0) is 13.8 Å². The fourth-order valence-corrected chi connectivity index (χ4v) is 0.268. The minimum Gasteiger partial charge on any atom is -0.350 e. The molecular formula is C8H11NO4. The van der Waals surface area contributed by atoms with Gasteiger partial charge in [0.1, 0.15) is 11.6 Å². The lowest BCUT2D eigenvalue weighted by Crippen LogP contribution is -2.28. The summed E-state index contributed by atoms with van der Waals surface area (Å²) in [4.78, 5) is 19.7. The maximum atomic E-state index is 10.8. The molecule has 5 nitrogen and oxygen atoms in total. The molecule has 0 aromatic rings. The summed E-state index contributed by atoms with van der Waals surface area (Å²) in [5, 5.41) is 8.25. The molecule has 0 N–H and O–H groups in total. The highest BCUT2D eigenvalue weighted by atomic mass is 17.2. The van der Waals surface area contributed by atoms with Crippen LogP contribution in [0.2, 0.25) is 0 Å². The van der Waals surface area contributed by atoms with Crippen molar-refractivity contribution in [2.24, 2.45) is 0 Å². The molecule has 0 heterocycles. The fraction of sp³-hybridized carbons (Fsp3) is 0.500. The fourth-order valence-electron chi connectivity index (χ4n) is 0.268. The van der Waals surface area contributed by atoms with Gasteiger partial charge in [0.05, 0.1) is 0 Å². The molecule has 0 atom stereocenters. The van der Waals surface area contributed by atoms with Gasteiger partial charge in [0.2, 0.25) is 5.79 Å². The third kappa shape index (κ3) is 4.25. The van der Waals surface area contributed by atoms with E-state index in [1.54, 1.807) is 13.8 Å². The topological polar surface area (TPSA) is 68.6 Å². The Hall–Kier alpha value is -1.38. The first-order valence-electron chi connectivity index (χ1n) is 3.47. The van der Waals surface area contributed by atoms with Crippen LogP contribution in [-0.2, 0) is 19.3 Å². The summed E-state index contributed by atoms with van der Waals surface area (Å²) in [6, 6.07) is 1.53. The second-order valence-electron chi connectivity index (χ2n) is 2.65. The average Bonchev–Trinajstić information content (AvgIpc) is 2.13. The van der Waals surface area contributed by atoms with E-state index in [-0.39, 0.29) is 5.57 Å². The van der Waals surface area contributed by atoms with Crippen molar-refractivity contribution in [2.45, 2.75) is 19.6 Å². The molecule has 0 radical (unpaired) electrons. The Labute approximate surface area is 76.4 Å². The minimum absolute atomic E-state index is 0.327. The smallest absolute Gasteiger partial charge is 0.350 e. The van der Waals surface area contributed by atoms with Crippen LogP contribution in [0.25, 0.3) is 0 Å². The van der Waals surface area contributed by atoms with E-state index in [1.165, 1.54) is 13.2 Å². The minimum atomic E-state index is -1.04. The van der Waals surface area contributed by atoms with Crippen LogP contribution in [0.3, 0.4) is 0 Å². The van der Waals surface area contributed by atoms with Crippen molar-refractivity contribution in [3.8, 4) is 6.07 Å². The molecule has 0 saturated carbocycles. The van der Waals surface area contributed by atoms with Crippen molar-refractivity contribution in [1.82, 2.24) is 0 Å². The molecule has 0 saturated heterocycles. The first-order valence-corrected chi connectivity index (χ1v) is 3.47. The summed E-state index contributed by atoms with van der Waals surface area (Å²) in [7, 11) is 1.40. The van der Waals surface area contributed by atoms with Gasteiger partial charge < -0.3 is 4.74 Å². The van der Waals surface area contributed by atoms with Crippen molar-refractivity contribution in [1.29, 1.82) is 5.26 Å². The molecule has 0 aliphatic carbocycles. The number of carbonyl (C=O) groups excluding carboxylic acids is 1. The lowest BCUT2D eigenvalue weighted by molar-refractivity contribution is -0.385. The van der Waals surface area contributed by atoms with Gasteiger partial charge in [-0.1, -0.05) is 6.58 Å². The van der Waals surface area contributed by atoms with E-state index in [0.717, 1.165) is 0 Å². The zero-order valence-corrected chi connectivity index (χ0v) is 7.79. The second-order valence-corrected chi connectivity index (χ2v) is 2.65. The van der Waals surface area contributed by atoms with Gasteiger partial charge in [0, 0.05) is 7.11 Å². The highest BCUT2D eigenvalue weighted by Crippen LogP contribution is 2.10. The van der Waals surface area contributed by atoms with Crippen LogP contribution in [0.15, 0.2) is 12.2 Å². The number of ether oxygens (including phenoxy) is 1. The third-order valence-electron chi connectivity index (χ3n) is 1.19. The van der Waals surface area contributed by atoms with Gasteiger partial charge in [-0.2, -0.15) is 5.26 Å². The number of carbonyl (C=O) groups is 1. The number of methoxy groups -OCH3 is 1. The normalized spacial score (nSPS) is 10.3. The molecule has 0 rings (SSSR count). The third-order valence-corrected chi connectivity index (χ3v) is 1.19. The molecule has 0 unspecified atom stereocenters. The monoisotopic (exact) mass is 185 g/mol. The van der Waals surface area contributed by atoms with Crippen molar-refractivity contribution < 1.29 is 19.3 Å². The van der Waals surface area contributed by atoms with Crippen molar-refractivity contribution in [3.63, 3.8) is 0 Å². The number of hydrogen-bond donors (Lipinski definition) is 0. The Morgan fingerprint density at radius 2 is 2.08 bits per heavy atom. The van der Waals surface area contributed by atoms with Crippen LogP contribution < -0.4 is 0 Å². The molecule has 0 fully saturated rings. The Balaban J connectivity index is 3.99. The van der Waals surface area contributed by atoms with Gasteiger partial charge in [-0.15, -0.1) is 4.89 Å². The van der Waals surface area contributed by atoms with E-state index in [4.69, 9.17) is 10.00 Å². The first-order chi connectivity index (χ1) is 5.93. The van der Waals surface area contributed by atoms with Gasteiger partial charge in [-0.25, -0.2) is 4.79 Å². The van der Waals surface area contributed by atoms with E-state index in [1.807, 2.05) is 0 Å². The standard InChI is InChI=1S/C8H11NO4/c1-6(5-9)7(10)12-13-8(2,3)11-4/h1H2,2-4H3. The molecule has 72 valence electrons. The lowest BCUT2D eigenvalue weighted by Gasteiger charge is -2.20. The van der Waals surface area contributed by atoms with E-state index < -0.39 is 11.8 Å². The highest BCUT2D eigenvalue weighted by molar-refractivity contribution is 5.91. The van der Waals surface area contributed by atoms with Crippen LogP contribution >= 0.6 is 0 Å². The predicted molar refractivity (Wildman–Crippen MR) is 43.0 cm³/mol. The van der Waals surface area contributed by atoms with Crippen LogP contribution in [0, 0.1) is 11.3 Å². The van der Waals surface area contributed by atoms with Crippen molar-refractivity contribution in [3.05, 3.63) is 12.2 Å². The predicted octanol–water partition coefficient (Wildman–Crippen LogP) is 0.923. The molecule has 0 aliphatic rings. The summed E-state index contributed by atoms with van der Waals surface area (Å²) < 4.78 is 4.79. The zero-order valence-electron chi connectivity index (χ0n) is 7.79. The quantitative estimate of drug-likeness (QED) is 0.214. The van der Waals surface area contributed by atoms with Gasteiger partial charge in [0.25, 0.3) is 0 Å². The summed E-state index contributed by atoms with van der Waals surface area (Å²) in [6.45, 7) is 6.25. The van der Waals surface area contributed by atoms with Gasteiger partial charge in [-0.3, -0.25) is 4.89 Å². The SMILES string of the molecule is C=C(C#N)C(=O)OOC(C)(C)OC. The van der Waals surface area contributed by atoms with Gasteiger partial charge in [0.15, 0.2) is 0 Å². The van der Waals surface area contributed by atoms with E-state index in [0.29, 0.717) is 0 Å². The van der Waals surface area contributed by atoms with Crippen LogP contribution in [0.5, 0.6) is 0 Å². The zero-order chi connectivity index (χ0) is 10.5. The number of nitrogens with zero attached hydrogens (tertiary/aromatic N) is 1. The summed E-state index contributed by atoms with van der Waals surface area (Å²) in [6.07, 6.45) is 0. The van der Waals surface area contributed by atoms with Crippen LogP contribution in [-0.4, -0.2) is 18.9 Å². The maximum Gasteiger partial charge on any atom is 0.383 e. The Morgan fingerprint density at radius 3 is 2.46 bits per heavy atom. The maximum absolute atomic E-state index is 10.8. The molecule has 13 heavy (non-hydrogen) atoms. The summed E-state index contributed by atoms with van der Waals surface area (Å²) >= 11 is 0. The molecule has 0 amide bonds. The first kappa shape index (κ1) is 11.6. The van der Waals surface area contributed by atoms with Crippen LogP contribution in [0.1, 0.15) is 13.8 Å². The Morgan fingerprint density at radius 1 is 1.54 bits per heavy atom. The second kappa shape index (κ2) is 4.60. The number of rotatable bonds is 4. The molecule has 0 aromatic heterocycles. The van der Waals surface area contributed by atoms with E-state index >= 15 is 0 Å². The summed E-state index contributed by atoms with van der Waals surface area (Å²) in [5.74, 6) is -1.96. The van der Waals surface area contributed by atoms with Crippen molar-refractivity contribution in [2.75, 3.05) is 7.11 Å². The molecule has 0 bridgehead atoms. The van der Waals surface area contributed by atoms with E-state index in [9.17, 15) is 4.79 Å². The van der Waals surface area contributed by atoms with E-state index in [2.05, 4.69) is 16.4 Å². The molecule has 0 spiro atoms. The van der Waals surface area contributed by atoms with Crippen molar-refractivity contribution >= 4 is 5.97 Å². The largest absolute Gasteiger partial charge is 0.383 e. The van der Waals surface area contributed by atoms with Crippen LogP contribution in [0.4, 0.5) is 0 Å².